The number of H-pyrrole nitrogens is 1. The topological polar surface area (TPSA) is 116 Å². The fraction of sp³-hybridized carbons (Fsp3) is 0.125. The van der Waals surface area contributed by atoms with Crippen molar-refractivity contribution in [3.05, 3.63) is 126 Å². The quantitative estimate of drug-likeness (QED) is 0.219. The number of amidine groups is 3. The van der Waals surface area contributed by atoms with E-state index < -0.39 is 0 Å². The van der Waals surface area contributed by atoms with Crippen molar-refractivity contribution >= 4 is 29.1 Å². The molecule has 0 unspecified atom stereocenters. The average Bonchev–Trinajstić information content (AvgIpc) is 3.63. The summed E-state index contributed by atoms with van der Waals surface area (Å²) in [5, 5.41) is 6.90. The van der Waals surface area contributed by atoms with Gasteiger partial charge in [-0.2, -0.15) is 0 Å². The van der Waals surface area contributed by atoms with Gasteiger partial charge < -0.3 is 15.6 Å². The lowest BCUT2D eigenvalue weighted by Crippen LogP contribution is -2.21. The van der Waals surface area contributed by atoms with Gasteiger partial charge in [0.1, 0.15) is 5.82 Å². The Morgan fingerprint density at radius 3 is 2.02 bits per heavy atom. The number of imidazole rings is 1. The maximum atomic E-state index is 4.87. The van der Waals surface area contributed by atoms with Crippen molar-refractivity contribution in [2.75, 3.05) is 23.7 Å². The third kappa shape index (κ3) is 6.59. The van der Waals surface area contributed by atoms with Gasteiger partial charge in [-0.25, -0.2) is 15.0 Å². The van der Waals surface area contributed by atoms with Crippen molar-refractivity contribution < 1.29 is 0 Å². The highest BCUT2D eigenvalue weighted by Crippen LogP contribution is 2.26. The van der Waals surface area contributed by atoms with Crippen LogP contribution in [0.2, 0.25) is 0 Å². The minimum atomic E-state index is 0.534. The molecule has 9 nitrogen and oxygen atoms in total. The van der Waals surface area contributed by atoms with Gasteiger partial charge in [-0.1, -0.05) is 72.8 Å². The Balaban J connectivity index is 1.27. The summed E-state index contributed by atoms with van der Waals surface area (Å²) in [7, 11) is 0. The number of aliphatic imine (C=N–C) groups is 3. The zero-order chi connectivity index (χ0) is 27.7. The van der Waals surface area contributed by atoms with Crippen molar-refractivity contribution in [2.45, 2.75) is 12.8 Å². The van der Waals surface area contributed by atoms with E-state index in [0.717, 1.165) is 34.8 Å². The summed E-state index contributed by atoms with van der Waals surface area (Å²) in [6.45, 7) is 1.19. The van der Waals surface area contributed by atoms with Gasteiger partial charge >= 0.3 is 0 Å². The Kier molecular flexibility index (Phi) is 7.94. The smallest absolute Gasteiger partial charge is 0.193 e. The van der Waals surface area contributed by atoms with Crippen LogP contribution >= 0.6 is 0 Å². The van der Waals surface area contributed by atoms with Crippen LogP contribution in [0.4, 0.5) is 11.6 Å². The number of hydrogen-bond acceptors (Lipinski definition) is 7. The SMILES string of the molecule is c1ccc(C2=NC(=NCCc3ccccn3)C(Nc3[nH]c(-c4ccccc4)nc3NCCc3ccccn3)=N2)cc1. The first-order valence-electron chi connectivity index (χ1n) is 13.6. The Morgan fingerprint density at radius 1 is 0.683 bits per heavy atom. The second-order valence-electron chi connectivity index (χ2n) is 9.34. The number of rotatable bonds is 10. The summed E-state index contributed by atoms with van der Waals surface area (Å²) in [6, 6.07) is 31.7. The van der Waals surface area contributed by atoms with Crippen molar-refractivity contribution in [3.8, 4) is 11.4 Å². The summed E-state index contributed by atoms with van der Waals surface area (Å²) in [5.74, 6) is 3.81. The van der Waals surface area contributed by atoms with E-state index in [4.69, 9.17) is 20.0 Å². The standard InChI is InChI=1S/C32H29N9/c1-3-11-23(12-4-1)27-37-29(35-21-17-25-15-7-9-19-33-25)31(39-27)41-32-30(36-22-18-26-16-8-10-20-34-26)38-28(40-32)24-13-5-2-6-14-24/h1-16,19-20,35H,17-18,21-22H2,(H,37,39)(H,36,38,40,41). The van der Waals surface area contributed by atoms with Gasteiger partial charge in [0.25, 0.3) is 0 Å². The van der Waals surface area contributed by atoms with E-state index in [2.05, 4.69) is 25.6 Å². The molecule has 41 heavy (non-hydrogen) atoms. The van der Waals surface area contributed by atoms with Crippen LogP contribution in [0.25, 0.3) is 11.4 Å². The summed E-state index contributed by atoms with van der Waals surface area (Å²) in [5.41, 5.74) is 3.89. The van der Waals surface area contributed by atoms with Crippen molar-refractivity contribution in [3.63, 3.8) is 0 Å². The van der Waals surface area contributed by atoms with Gasteiger partial charge in [-0.05, 0) is 24.3 Å². The molecule has 202 valence electrons. The molecular weight excluding hydrogens is 510 g/mol. The van der Waals surface area contributed by atoms with Gasteiger partial charge in [0.05, 0.1) is 0 Å². The molecule has 2 aromatic carbocycles. The van der Waals surface area contributed by atoms with Crippen LogP contribution < -0.4 is 10.6 Å². The lowest BCUT2D eigenvalue weighted by molar-refractivity contribution is 0.924. The monoisotopic (exact) mass is 539 g/mol. The maximum absolute atomic E-state index is 4.87. The lowest BCUT2D eigenvalue weighted by atomic mass is 10.2. The van der Waals surface area contributed by atoms with Crippen LogP contribution in [-0.2, 0) is 12.8 Å². The number of benzene rings is 2. The molecule has 0 saturated carbocycles. The fourth-order valence-corrected chi connectivity index (χ4v) is 4.36. The van der Waals surface area contributed by atoms with Crippen molar-refractivity contribution in [2.24, 2.45) is 15.0 Å². The molecule has 0 amide bonds. The largest absolute Gasteiger partial charge is 0.367 e. The van der Waals surface area contributed by atoms with Crippen LogP contribution in [0.3, 0.4) is 0 Å². The number of nitrogens with one attached hydrogen (secondary N) is 3. The van der Waals surface area contributed by atoms with E-state index in [-0.39, 0.29) is 0 Å². The molecule has 0 radical (unpaired) electrons. The highest BCUT2D eigenvalue weighted by Gasteiger charge is 2.22. The molecule has 3 N–H and O–H groups in total. The maximum Gasteiger partial charge on any atom is 0.193 e. The number of nitrogens with zero attached hydrogens (tertiary/aromatic N) is 6. The van der Waals surface area contributed by atoms with Gasteiger partial charge in [0.2, 0.25) is 0 Å². The minimum absolute atomic E-state index is 0.534. The van der Waals surface area contributed by atoms with Gasteiger partial charge in [-0.15, -0.1) is 0 Å². The first kappa shape index (κ1) is 25.8. The molecule has 0 bridgehead atoms. The molecular formula is C32H29N9. The molecule has 9 heteroatoms. The Hall–Kier alpha value is -5.44. The number of pyridine rings is 2. The fourth-order valence-electron chi connectivity index (χ4n) is 4.36. The second kappa shape index (κ2) is 12.6. The van der Waals surface area contributed by atoms with Crippen LogP contribution in [0.1, 0.15) is 17.0 Å². The van der Waals surface area contributed by atoms with Gasteiger partial charge in [-0.3, -0.25) is 15.0 Å². The first-order chi connectivity index (χ1) is 20.3. The Morgan fingerprint density at radius 2 is 1.34 bits per heavy atom. The zero-order valence-corrected chi connectivity index (χ0v) is 22.4. The predicted octanol–water partition coefficient (Wildman–Crippen LogP) is 5.43. The summed E-state index contributed by atoms with van der Waals surface area (Å²) in [4.78, 5) is 31.6. The van der Waals surface area contributed by atoms with E-state index >= 15 is 0 Å². The molecule has 4 heterocycles. The Bertz CT molecular complexity index is 1660. The molecule has 1 aliphatic rings. The lowest BCUT2D eigenvalue weighted by Gasteiger charge is -2.08. The second-order valence-corrected chi connectivity index (χ2v) is 9.34. The molecule has 0 spiro atoms. The number of anilines is 2. The van der Waals surface area contributed by atoms with Crippen LogP contribution in [-0.4, -0.2) is 50.5 Å². The average molecular weight is 540 g/mol. The molecule has 0 fully saturated rings. The van der Waals surface area contributed by atoms with E-state index in [1.165, 1.54) is 0 Å². The van der Waals surface area contributed by atoms with E-state index in [1.54, 1.807) is 6.20 Å². The number of aromatic amines is 1. The number of aromatic nitrogens is 4. The summed E-state index contributed by atoms with van der Waals surface area (Å²) in [6.07, 6.45) is 5.07. The first-order valence-corrected chi connectivity index (χ1v) is 13.6. The van der Waals surface area contributed by atoms with Crippen LogP contribution in [0.5, 0.6) is 0 Å². The summed E-state index contributed by atoms with van der Waals surface area (Å²) < 4.78 is 0. The Labute approximate surface area is 238 Å². The zero-order valence-electron chi connectivity index (χ0n) is 22.4. The van der Waals surface area contributed by atoms with Crippen molar-refractivity contribution in [1.29, 1.82) is 0 Å². The minimum Gasteiger partial charge on any atom is -0.367 e. The highest BCUT2D eigenvalue weighted by atomic mass is 15.2. The third-order valence-electron chi connectivity index (χ3n) is 6.42. The number of hydrogen-bond donors (Lipinski definition) is 3. The molecule has 1 aliphatic heterocycles. The van der Waals surface area contributed by atoms with E-state index in [0.29, 0.717) is 48.7 Å². The molecule has 3 aromatic heterocycles. The third-order valence-corrected chi connectivity index (χ3v) is 6.42. The molecule has 0 aliphatic carbocycles. The molecule has 0 saturated heterocycles. The van der Waals surface area contributed by atoms with E-state index in [1.807, 2.05) is 103 Å². The van der Waals surface area contributed by atoms with Gasteiger partial charge in [0.15, 0.2) is 29.1 Å². The van der Waals surface area contributed by atoms with Crippen LogP contribution in [0.15, 0.2) is 124 Å². The van der Waals surface area contributed by atoms with Crippen LogP contribution in [0, 0.1) is 0 Å². The predicted molar refractivity (Wildman–Crippen MR) is 165 cm³/mol. The highest BCUT2D eigenvalue weighted by molar-refractivity contribution is 6.51. The normalized spacial score (nSPS) is 13.6. The van der Waals surface area contributed by atoms with E-state index in [9.17, 15) is 0 Å². The summed E-state index contributed by atoms with van der Waals surface area (Å²) >= 11 is 0. The molecule has 5 aromatic rings. The van der Waals surface area contributed by atoms with Crippen molar-refractivity contribution in [1.82, 2.24) is 19.9 Å². The molecule has 6 rings (SSSR count). The molecule has 0 atom stereocenters. The van der Waals surface area contributed by atoms with Gasteiger partial charge in [0, 0.05) is 60.8 Å².